The van der Waals surface area contributed by atoms with Crippen LogP contribution in [0.25, 0.3) is 5.57 Å². The van der Waals surface area contributed by atoms with Gasteiger partial charge in [-0.15, -0.1) is 0 Å². The highest BCUT2D eigenvalue weighted by Gasteiger charge is 2.69. The first-order valence-electron chi connectivity index (χ1n) is 19.0. The number of amides is 1. The monoisotopic (exact) mass is 646 g/mol. The van der Waals surface area contributed by atoms with Gasteiger partial charge in [-0.3, -0.25) is 4.79 Å². The standard InChI is InChI=1S/C41H59FN2O3/c1-37(2)29(28-12-11-27(36(46)47)25-32(28)42)15-18-38(3)33(37)16-19-40(5)34(38)14-13-30-31-9-6-17-41(31,21-20-39(30,40)4)26-43-22-8-24-44-23-7-10-35(44)45/h11-12,15,25,30-31,33-34,43H,6-10,13-14,16-24,26H2,1-5H3,(H,46,47)/t30?,31?,33?,34?,38-,39+,40+,41?/m0/s1. The molecule has 4 saturated carbocycles. The highest BCUT2D eigenvalue weighted by molar-refractivity contribution is 5.88. The van der Waals surface area contributed by atoms with Gasteiger partial charge in [0, 0.05) is 31.6 Å². The van der Waals surface area contributed by atoms with Crippen molar-refractivity contribution in [1.29, 1.82) is 0 Å². The average molecular weight is 647 g/mol. The summed E-state index contributed by atoms with van der Waals surface area (Å²) in [4.78, 5) is 25.6. The van der Waals surface area contributed by atoms with Crippen LogP contribution in [0.4, 0.5) is 4.39 Å². The zero-order valence-corrected chi connectivity index (χ0v) is 29.7. The van der Waals surface area contributed by atoms with Crippen LogP contribution in [0.2, 0.25) is 0 Å². The van der Waals surface area contributed by atoms with Crippen LogP contribution < -0.4 is 5.32 Å². The third kappa shape index (κ3) is 4.99. The molecule has 0 bridgehead atoms. The van der Waals surface area contributed by atoms with Gasteiger partial charge in [0.1, 0.15) is 5.82 Å². The van der Waals surface area contributed by atoms with Gasteiger partial charge in [0.2, 0.25) is 5.91 Å². The molecule has 0 spiro atoms. The van der Waals surface area contributed by atoms with Crippen molar-refractivity contribution in [3.63, 3.8) is 0 Å². The van der Waals surface area contributed by atoms with Crippen molar-refractivity contribution in [3.8, 4) is 0 Å². The van der Waals surface area contributed by atoms with Crippen LogP contribution in [-0.4, -0.2) is 48.1 Å². The van der Waals surface area contributed by atoms with Gasteiger partial charge in [-0.1, -0.05) is 53.2 Å². The minimum absolute atomic E-state index is 0.00787. The maximum atomic E-state index is 15.4. The molecule has 6 aliphatic rings. The highest BCUT2D eigenvalue weighted by atomic mass is 19.1. The van der Waals surface area contributed by atoms with Crippen molar-refractivity contribution in [2.75, 3.05) is 26.2 Å². The Balaban J connectivity index is 1.09. The molecule has 1 saturated heterocycles. The van der Waals surface area contributed by atoms with E-state index in [0.717, 1.165) is 69.3 Å². The van der Waals surface area contributed by atoms with Crippen molar-refractivity contribution in [2.45, 2.75) is 118 Å². The summed E-state index contributed by atoms with van der Waals surface area (Å²) in [6.45, 7) is 16.6. The predicted molar refractivity (Wildman–Crippen MR) is 185 cm³/mol. The van der Waals surface area contributed by atoms with E-state index < -0.39 is 11.8 Å². The van der Waals surface area contributed by atoms with Gasteiger partial charge in [-0.2, -0.15) is 0 Å². The number of carbonyl (C=O) groups is 2. The lowest BCUT2D eigenvalue weighted by Gasteiger charge is -2.72. The molecule has 5 nitrogen and oxygen atoms in total. The summed E-state index contributed by atoms with van der Waals surface area (Å²) < 4.78 is 15.4. The van der Waals surface area contributed by atoms with E-state index in [-0.39, 0.29) is 16.4 Å². The summed E-state index contributed by atoms with van der Waals surface area (Å²) in [5.41, 5.74) is 2.68. The van der Waals surface area contributed by atoms with Crippen molar-refractivity contribution < 1.29 is 19.1 Å². The minimum atomic E-state index is -1.09. The normalized spacial score (nSPS) is 40.7. The number of fused-ring (bicyclic) bond motifs is 7. The number of carbonyl (C=O) groups excluding carboxylic acids is 1. The Morgan fingerprint density at radius 3 is 2.49 bits per heavy atom. The van der Waals surface area contributed by atoms with E-state index in [4.69, 9.17) is 0 Å². The molecular formula is C41H59FN2O3. The molecule has 258 valence electrons. The van der Waals surface area contributed by atoms with E-state index >= 15 is 4.39 Å². The van der Waals surface area contributed by atoms with E-state index in [2.05, 4.69) is 50.9 Å². The fourth-order valence-electron chi connectivity index (χ4n) is 13.6. The number of carboxylic acid groups (broad SMARTS) is 1. The number of nitrogens with one attached hydrogen (secondary N) is 1. The highest BCUT2D eigenvalue weighted by Crippen LogP contribution is 2.77. The van der Waals surface area contributed by atoms with Crippen LogP contribution in [0.5, 0.6) is 0 Å². The van der Waals surface area contributed by atoms with Crippen LogP contribution in [0.3, 0.4) is 0 Å². The molecule has 1 aromatic carbocycles. The summed E-state index contributed by atoms with van der Waals surface area (Å²) in [5.74, 6) is 1.54. The topological polar surface area (TPSA) is 69.6 Å². The van der Waals surface area contributed by atoms with Gasteiger partial charge in [-0.25, -0.2) is 9.18 Å². The molecule has 2 N–H and O–H groups in total. The van der Waals surface area contributed by atoms with Crippen molar-refractivity contribution in [2.24, 2.45) is 50.7 Å². The molecule has 0 aromatic heterocycles. The van der Waals surface area contributed by atoms with E-state index in [0.29, 0.717) is 39.6 Å². The van der Waals surface area contributed by atoms with Crippen LogP contribution in [0, 0.1) is 56.6 Å². The molecule has 8 atom stereocenters. The van der Waals surface area contributed by atoms with Crippen LogP contribution in [0.1, 0.15) is 134 Å². The van der Waals surface area contributed by atoms with Crippen LogP contribution in [-0.2, 0) is 4.79 Å². The smallest absolute Gasteiger partial charge is 0.335 e. The second-order valence-electron chi connectivity index (χ2n) is 18.1. The number of hydrogen-bond donors (Lipinski definition) is 2. The number of benzene rings is 1. The average Bonchev–Trinajstić information content (AvgIpc) is 3.63. The molecule has 1 aliphatic heterocycles. The molecule has 7 rings (SSSR count). The summed E-state index contributed by atoms with van der Waals surface area (Å²) in [6.07, 6.45) is 18.0. The Morgan fingerprint density at radius 2 is 1.77 bits per heavy atom. The molecule has 1 amide bonds. The molecule has 47 heavy (non-hydrogen) atoms. The molecule has 5 fully saturated rings. The number of nitrogens with zero attached hydrogens (tertiary/aromatic N) is 1. The lowest BCUT2D eigenvalue weighted by atomic mass is 9.32. The number of carboxylic acids is 1. The fourth-order valence-corrected chi connectivity index (χ4v) is 13.6. The van der Waals surface area contributed by atoms with E-state index in [9.17, 15) is 14.7 Å². The van der Waals surface area contributed by atoms with Gasteiger partial charge in [-0.05, 0) is 146 Å². The second-order valence-corrected chi connectivity index (χ2v) is 18.1. The molecule has 5 unspecified atom stereocenters. The SMILES string of the molecule is CC1(C)C(c2ccc(C(=O)O)cc2F)=CC[C@@]2(C)C1CC[C@]1(C)C2CCC2C3CCCC3(CNCCCN3CCCC3=O)CC[C@]21C. The van der Waals surface area contributed by atoms with Gasteiger partial charge in [0.05, 0.1) is 5.56 Å². The first-order chi connectivity index (χ1) is 22.3. The number of rotatable bonds is 8. The van der Waals surface area contributed by atoms with E-state index in [1.165, 1.54) is 63.9 Å². The summed E-state index contributed by atoms with van der Waals surface area (Å²) in [5, 5.41) is 13.3. The summed E-state index contributed by atoms with van der Waals surface area (Å²) in [7, 11) is 0. The van der Waals surface area contributed by atoms with Crippen LogP contribution >= 0.6 is 0 Å². The Labute approximate surface area is 282 Å². The molecule has 1 heterocycles. The third-order valence-corrected chi connectivity index (χ3v) is 16.1. The van der Waals surface area contributed by atoms with Gasteiger partial charge in [0.15, 0.2) is 0 Å². The zero-order chi connectivity index (χ0) is 33.4. The van der Waals surface area contributed by atoms with Gasteiger partial charge in [0.25, 0.3) is 0 Å². The van der Waals surface area contributed by atoms with Gasteiger partial charge < -0.3 is 15.3 Å². The third-order valence-electron chi connectivity index (χ3n) is 16.1. The van der Waals surface area contributed by atoms with E-state index in [1.54, 1.807) is 12.1 Å². The number of aromatic carboxylic acids is 1. The summed E-state index contributed by atoms with van der Waals surface area (Å²) >= 11 is 0. The molecule has 5 aliphatic carbocycles. The minimum Gasteiger partial charge on any atom is -0.478 e. The quantitative estimate of drug-likeness (QED) is 0.277. The maximum absolute atomic E-state index is 15.4. The lowest BCUT2D eigenvalue weighted by Crippen LogP contribution is -2.65. The predicted octanol–water partition coefficient (Wildman–Crippen LogP) is 8.97. The second kappa shape index (κ2) is 11.7. The Hall–Kier alpha value is -2.21. The van der Waals surface area contributed by atoms with Crippen molar-refractivity contribution in [3.05, 3.63) is 41.2 Å². The Morgan fingerprint density at radius 1 is 0.957 bits per heavy atom. The van der Waals surface area contributed by atoms with Gasteiger partial charge >= 0.3 is 5.97 Å². The number of likely N-dealkylation sites (tertiary alicyclic amines) is 1. The number of halogens is 1. The fraction of sp³-hybridized carbons (Fsp3) is 0.756. The largest absolute Gasteiger partial charge is 0.478 e. The first-order valence-corrected chi connectivity index (χ1v) is 19.0. The molecule has 1 aromatic rings. The van der Waals surface area contributed by atoms with Crippen molar-refractivity contribution in [1.82, 2.24) is 10.2 Å². The first kappa shape index (κ1) is 33.3. The summed E-state index contributed by atoms with van der Waals surface area (Å²) in [6, 6.07) is 4.46. The number of allylic oxidation sites excluding steroid dienone is 2. The Kier molecular flexibility index (Phi) is 8.29. The maximum Gasteiger partial charge on any atom is 0.335 e. The lowest BCUT2D eigenvalue weighted by molar-refractivity contribution is -0.222. The molecule has 6 heteroatoms. The molecular weight excluding hydrogens is 587 g/mol. The number of hydrogen-bond acceptors (Lipinski definition) is 3. The molecule has 0 radical (unpaired) electrons. The van der Waals surface area contributed by atoms with E-state index in [1.807, 2.05) is 0 Å². The zero-order valence-electron chi connectivity index (χ0n) is 29.7. The van der Waals surface area contributed by atoms with Crippen molar-refractivity contribution >= 4 is 17.4 Å². The van der Waals surface area contributed by atoms with Crippen LogP contribution in [0.15, 0.2) is 24.3 Å². The Bertz CT molecular complexity index is 1450.